The number of nitrogens with zero attached hydrogens (tertiary/aromatic N) is 2. The molecular formula is C17H29BN4O4. The average molecular weight is 364 g/mol. The third-order valence-corrected chi connectivity index (χ3v) is 5.86. The van der Waals surface area contributed by atoms with Crippen LogP contribution >= 0.6 is 0 Å². The lowest BCUT2D eigenvalue weighted by Crippen LogP contribution is -2.47. The second kappa shape index (κ2) is 7.30. The van der Waals surface area contributed by atoms with Crippen LogP contribution in [0.3, 0.4) is 0 Å². The van der Waals surface area contributed by atoms with Gasteiger partial charge >= 0.3 is 7.12 Å². The van der Waals surface area contributed by atoms with E-state index in [9.17, 15) is 9.59 Å². The molecule has 0 aromatic heterocycles. The quantitative estimate of drug-likeness (QED) is 0.352. The lowest BCUT2D eigenvalue weighted by Gasteiger charge is -2.26. The highest BCUT2D eigenvalue weighted by molar-refractivity contribution is 6.40. The molecule has 2 fully saturated rings. The van der Waals surface area contributed by atoms with Crippen LogP contribution in [0.2, 0.25) is 6.32 Å². The summed E-state index contributed by atoms with van der Waals surface area (Å²) in [6.45, 7) is 4.92. The van der Waals surface area contributed by atoms with Gasteiger partial charge in [-0.1, -0.05) is 6.42 Å². The molecule has 3 rings (SSSR count). The first-order valence-corrected chi connectivity index (χ1v) is 9.37. The third kappa shape index (κ3) is 3.81. The number of nitrogens with one attached hydrogen (secondary N) is 1. The second-order valence-corrected chi connectivity index (χ2v) is 8.27. The van der Waals surface area contributed by atoms with E-state index >= 15 is 0 Å². The SMILES string of the molecule is CN1CCC(Nc2c(N3C[C@H](CCCB(O)O)[C@@](C)(N)C3)c(=O)c2=O)C1. The zero-order valence-electron chi connectivity index (χ0n) is 15.6. The molecule has 3 atom stereocenters. The zero-order valence-corrected chi connectivity index (χ0v) is 15.6. The van der Waals surface area contributed by atoms with Gasteiger partial charge in [0.25, 0.3) is 10.9 Å². The number of rotatable bonds is 7. The molecule has 0 aliphatic carbocycles. The van der Waals surface area contributed by atoms with Crippen LogP contribution in [-0.2, 0) is 0 Å². The first-order chi connectivity index (χ1) is 12.2. The smallest absolute Gasteiger partial charge is 0.427 e. The molecule has 0 radical (unpaired) electrons. The third-order valence-electron chi connectivity index (χ3n) is 5.86. The minimum absolute atomic E-state index is 0.135. The van der Waals surface area contributed by atoms with E-state index < -0.39 is 23.5 Å². The topological polar surface area (TPSA) is 119 Å². The van der Waals surface area contributed by atoms with Gasteiger partial charge < -0.3 is 30.9 Å². The summed E-state index contributed by atoms with van der Waals surface area (Å²) in [6.07, 6.45) is 2.69. The van der Waals surface area contributed by atoms with Gasteiger partial charge in [-0.2, -0.15) is 0 Å². The van der Waals surface area contributed by atoms with Gasteiger partial charge in [0, 0.05) is 31.2 Å². The standard InChI is InChI=1S/C17H29BN4O4/c1-17(19)10-22(8-11(17)4-3-6-18(25)26)14-13(15(23)16(14)24)20-12-5-7-21(2)9-12/h11-12,20,25-26H,3-10,19H2,1-2H3/t11-,12?,17-/m0/s1. The predicted octanol–water partition coefficient (Wildman–Crippen LogP) is -1.19. The number of likely N-dealkylation sites (tertiary alicyclic amines) is 1. The Morgan fingerprint density at radius 1 is 1.31 bits per heavy atom. The van der Waals surface area contributed by atoms with Gasteiger partial charge in [-0.05, 0) is 45.6 Å². The van der Waals surface area contributed by atoms with Crippen molar-refractivity contribution >= 4 is 18.5 Å². The first kappa shape index (κ1) is 19.3. The number of hydrogen-bond acceptors (Lipinski definition) is 8. The van der Waals surface area contributed by atoms with Crippen LogP contribution in [0.1, 0.15) is 26.2 Å². The zero-order chi connectivity index (χ0) is 19.1. The Bertz CT molecular complexity index is 716. The fourth-order valence-corrected chi connectivity index (χ4v) is 4.29. The number of anilines is 2. The van der Waals surface area contributed by atoms with Crippen LogP contribution in [0.15, 0.2) is 9.59 Å². The van der Waals surface area contributed by atoms with Crippen molar-refractivity contribution in [2.24, 2.45) is 11.7 Å². The summed E-state index contributed by atoms with van der Waals surface area (Å²) in [5.41, 5.74) is 6.02. The van der Waals surface area contributed by atoms with Crippen molar-refractivity contribution in [1.82, 2.24) is 4.90 Å². The highest BCUT2D eigenvalue weighted by Crippen LogP contribution is 2.34. The first-order valence-electron chi connectivity index (χ1n) is 9.37. The van der Waals surface area contributed by atoms with E-state index in [1.165, 1.54) is 0 Å². The minimum Gasteiger partial charge on any atom is -0.427 e. The van der Waals surface area contributed by atoms with E-state index in [0.29, 0.717) is 37.2 Å². The largest absolute Gasteiger partial charge is 0.451 e. The van der Waals surface area contributed by atoms with Gasteiger partial charge in [-0.15, -0.1) is 0 Å². The Labute approximate surface area is 153 Å². The van der Waals surface area contributed by atoms with Crippen molar-refractivity contribution < 1.29 is 10.0 Å². The molecule has 2 aliphatic heterocycles. The monoisotopic (exact) mass is 364 g/mol. The van der Waals surface area contributed by atoms with Crippen LogP contribution < -0.4 is 26.8 Å². The van der Waals surface area contributed by atoms with E-state index in [1.54, 1.807) is 0 Å². The predicted molar refractivity (Wildman–Crippen MR) is 103 cm³/mol. The van der Waals surface area contributed by atoms with Crippen LogP contribution in [0.25, 0.3) is 0 Å². The van der Waals surface area contributed by atoms with Crippen molar-refractivity contribution in [3.8, 4) is 0 Å². The second-order valence-electron chi connectivity index (χ2n) is 8.27. The maximum atomic E-state index is 12.2. The summed E-state index contributed by atoms with van der Waals surface area (Å²) >= 11 is 0. The van der Waals surface area contributed by atoms with Crippen molar-refractivity contribution in [2.75, 3.05) is 43.4 Å². The summed E-state index contributed by atoms with van der Waals surface area (Å²) in [5, 5.41) is 21.3. The molecule has 1 unspecified atom stereocenters. The number of hydrogen-bond donors (Lipinski definition) is 4. The lowest BCUT2D eigenvalue weighted by atomic mass is 9.79. The molecule has 9 heteroatoms. The molecular weight excluding hydrogens is 335 g/mol. The summed E-state index contributed by atoms with van der Waals surface area (Å²) in [5.74, 6) is 0.135. The minimum atomic E-state index is -1.30. The number of likely N-dealkylation sites (N-methyl/N-ethyl adjacent to an activating group) is 1. The van der Waals surface area contributed by atoms with Crippen LogP contribution in [0.4, 0.5) is 11.4 Å². The highest BCUT2D eigenvalue weighted by atomic mass is 16.4. The molecule has 2 aliphatic rings. The lowest BCUT2D eigenvalue weighted by molar-refractivity contribution is 0.343. The maximum absolute atomic E-state index is 12.2. The fraction of sp³-hybridized carbons (Fsp3) is 0.765. The van der Waals surface area contributed by atoms with Crippen LogP contribution in [0, 0.1) is 5.92 Å². The Morgan fingerprint density at radius 2 is 2.04 bits per heavy atom. The molecule has 2 saturated heterocycles. The summed E-state index contributed by atoms with van der Waals surface area (Å²) < 4.78 is 0. The summed E-state index contributed by atoms with van der Waals surface area (Å²) in [7, 11) is 0.740. The molecule has 2 heterocycles. The van der Waals surface area contributed by atoms with Crippen molar-refractivity contribution in [3.05, 3.63) is 20.4 Å². The molecule has 8 nitrogen and oxygen atoms in total. The van der Waals surface area contributed by atoms with Crippen molar-refractivity contribution in [1.29, 1.82) is 0 Å². The Kier molecular flexibility index (Phi) is 5.44. The summed E-state index contributed by atoms with van der Waals surface area (Å²) in [6, 6.07) is 0.191. The molecule has 26 heavy (non-hydrogen) atoms. The molecule has 0 saturated carbocycles. The van der Waals surface area contributed by atoms with Gasteiger partial charge in [0.2, 0.25) is 0 Å². The summed E-state index contributed by atoms with van der Waals surface area (Å²) in [4.78, 5) is 28.4. The Morgan fingerprint density at radius 3 is 2.65 bits per heavy atom. The highest BCUT2D eigenvalue weighted by Gasteiger charge is 2.43. The van der Waals surface area contributed by atoms with E-state index in [4.69, 9.17) is 15.8 Å². The molecule has 144 valence electrons. The molecule has 1 aromatic carbocycles. The molecule has 0 bridgehead atoms. The van der Waals surface area contributed by atoms with Gasteiger partial charge in [0.15, 0.2) is 0 Å². The van der Waals surface area contributed by atoms with Crippen molar-refractivity contribution in [3.63, 3.8) is 0 Å². The normalized spacial score (nSPS) is 29.7. The van der Waals surface area contributed by atoms with E-state index in [1.807, 2.05) is 18.9 Å². The number of nitrogens with two attached hydrogens (primary N) is 1. The van der Waals surface area contributed by atoms with E-state index in [0.717, 1.165) is 25.9 Å². The Hall–Kier alpha value is -1.42. The average Bonchev–Trinajstić information content (AvgIpc) is 3.09. The molecule has 0 spiro atoms. The molecule has 5 N–H and O–H groups in total. The van der Waals surface area contributed by atoms with Crippen molar-refractivity contribution in [2.45, 2.75) is 44.1 Å². The van der Waals surface area contributed by atoms with Gasteiger partial charge in [0.05, 0.1) is 0 Å². The van der Waals surface area contributed by atoms with E-state index in [2.05, 4.69) is 10.2 Å². The fourth-order valence-electron chi connectivity index (χ4n) is 4.29. The van der Waals surface area contributed by atoms with Crippen LogP contribution in [-0.4, -0.2) is 66.9 Å². The Balaban J connectivity index is 1.69. The molecule has 1 aromatic rings. The van der Waals surface area contributed by atoms with Gasteiger partial charge in [-0.25, -0.2) is 0 Å². The van der Waals surface area contributed by atoms with Gasteiger partial charge in [-0.3, -0.25) is 9.59 Å². The van der Waals surface area contributed by atoms with Gasteiger partial charge in [0.1, 0.15) is 11.4 Å². The maximum Gasteiger partial charge on any atom is 0.451 e. The molecule has 0 amide bonds. The van der Waals surface area contributed by atoms with E-state index in [-0.39, 0.29) is 12.0 Å². The van der Waals surface area contributed by atoms with Crippen LogP contribution in [0.5, 0.6) is 0 Å².